The molecule has 134 valence electrons. The lowest BCUT2D eigenvalue weighted by Gasteiger charge is -2.07. The monoisotopic (exact) mass is 330 g/mol. The van der Waals surface area contributed by atoms with E-state index < -0.39 is 0 Å². The summed E-state index contributed by atoms with van der Waals surface area (Å²) in [6, 6.07) is 8.35. The van der Waals surface area contributed by atoms with Crippen LogP contribution in [-0.4, -0.2) is 13.3 Å². The van der Waals surface area contributed by atoms with Crippen molar-refractivity contribution >= 4 is 12.6 Å². The largest absolute Gasteiger partial charge is 0.333 e. The smallest absolute Gasteiger partial charge is 0.0268 e. The average molecular weight is 331 g/mol. The predicted octanol–water partition coefficient (Wildman–Crippen LogP) is 5.75. The van der Waals surface area contributed by atoms with Crippen LogP contribution in [0.15, 0.2) is 24.3 Å². The van der Waals surface area contributed by atoms with Gasteiger partial charge in [0.15, 0.2) is 0 Å². The van der Waals surface area contributed by atoms with Gasteiger partial charge in [0.2, 0.25) is 0 Å². The Hall–Kier alpha value is -0.510. The lowest BCUT2D eigenvalue weighted by atomic mass is 10.0. The fourth-order valence-corrected chi connectivity index (χ4v) is 1.10. The van der Waals surface area contributed by atoms with Crippen LogP contribution >= 0.6 is 12.6 Å². The third-order valence-electron chi connectivity index (χ3n) is 2.68. The number of thiol groups is 1. The van der Waals surface area contributed by atoms with Crippen LogP contribution < -0.4 is 11.5 Å². The molecule has 3 heteroatoms. The van der Waals surface area contributed by atoms with Crippen molar-refractivity contribution in [3.8, 4) is 0 Å². The normalized spacial score (nSPS) is 9.23. The highest BCUT2D eigenvalue weighted by atomic mass is 32.1. The van der Waals surface area contributed by atoms with E-state index in [-0.39, 0.29) is 6.04 Å². The maximum absolute atomic E-state index is 5.71. The molecule has 1 rings (SSSR count). The molecule has 0 aliphatic rings. The summed E-state index contributed by atoms with van der Waals surface area (Å²) >= 11 is 3.53. The van der Waals surface area contributed by atoms with Gasteiger partial charge in [-0.2, -0.15) is 12.6 Å². The Morgan fingerprint density at radius 1 is 0.864 bits per heavy atom. The number of benzene rings is 1. The Morgan fingerprint density at radius 2 is 1.18 bits per heavy atom. The molecule has 0 amide bonds. The van der Waals surface area contributed by atoms with Crippen molar-refractivity contribution in [2.45, 2.75) is 73.3 Å². The Labute approximate surface area is 146 Å². The SMILES string of the molecule is CCCC.CCCC.CN.CS.Cc1ccccc1C(C)N. The number of nitrogens with two attached hydrogens (primary N) is 2. The summed E-state index contributed by atoms with van der Waals surface area (Å²) in [7, 11) is 1.50. The van der Waals surface area contributed by atoms with Crippen molar-refractivity contribution in [2.24, 2.45) is 11.5 Å². The summed E-state index contributed by atoms with van der Waals surface area (Å²) in [6.07, 6.45) is 6.97. The van der Waals surface area contributed by atoms with Gasteiger partial charge < -0.3 is 11.5 Å². The average Bonchev–Trinajstić information content (AvgIpc) is 2.59. The first kappa shape index (κ1) is 29.5. The Bertz CT molecular complexity index is 268. The van der Waals surface area contributed by atoms with E-state index in [2.05, 4.69) is 65.1 Å². The van der Waals surface area contributed by atoms with E-state index in [0.29, 0.717) is 0 Å². The van der Waals surface area contributed by atoms with Crippen LogP contribution in [0.25, 0.3) is 0 Å². The molecule has 0 saturated heterocycles. The van der Waals surface area contributed by atoms with Gasteiger partial charge in [0.05, 0.1) is 0 Å². The summed E-state index contributed by atoms with van der Waals surface area (Å²) in [4.78, 5) is 0. The summed E-state index contributed by atoms with van der Waals surface area (Å²) in [6.45, 7) is 12.8. The van der Waals surface area contributed by atoms with Crippen LogP contribution in [0, 0.1) is 6.92 Å². The number of hydrogen-bond acceptors (Lipinski definition) is 3. The minimum absolute atomic E-state index is 0.154. The summed E-state index contributed by atoms with van der Waals surface area (Å²) < 4.78 is 0. The first-order chi connectivity index (χ1) is 10.5. The maximum atomic E-state index is 5.71. The van der Waals surface area contributed by atoms with Crippen LogP contribution in [0.3, 0.4) is 0 Å². The fourth-order valence-electron chi connectivity index (χ4n) is 1.10. The molecule has 0 aliphatic carbocycles. The van der Waals surface area contributed by atoms with Crippen molar-refractivity contribution in [2.75, 3.05) is 13.3 Å². The van der Waals surface area contributed by atoms with E-state index in [1.807, 2.05) is 19.1 Å². The molecule has 4 N–H and O–H groups in total. The van der Waals surface area contributed by atoms with Crippen molar-refractivity contribution < 1.29 is 0 Å². The minimum Gasteiger partial charge on any atom is -0.333 e. The highest BCUT2D eigenvalue weighted by Gasteiger charge is 1.99. The Balaban J connectivity index is -0.000000114. The lowest BCUT2D eigenvalue weighted by molar-refractivity contribution is 0.810. The third kappa shape index (κ3) is 24.5. The fraction of sp³-hybridized carbons (Fsp3) is 0.684. The zero-order valence-corrected chi connectivity index (χ0v) is 17.2. The molecule has 2 nitrogen and oxygen atoms in total. The van der Waals surface area contributed by atoms with Crippen molar-refractivity contribution in [3.05, 3.63) is 35.4 Å². The molecule has 1 aromatic carbocycles. The highest BCUT2D eigenvalue weighted by molar-refractivity contribution is 7.79. The summed E-state index contributed by atoms with van der Waals surface area (Å²) in [5.74, 6) is 0. The molecule has 0 spiro atoms. The standard InChI is InChI=1S/C9H13N.2C4H10.CH5N.CH4S/c1-7-5-3-4-6-9(7)8(2)10;2*1-3-4-2;2*1-2/h3-6,8H,10H2,1-2H3;2*3-4H2,1-2H3;2H2,1H3;2H,1H3. The quantitative estimate of drug-likeness (QED) is 0.618. The molecule has 1 unspecified atom stereocenters. The van der Waals surface area contributed by atoms with E-state index in [4.69, 9.17) is 5.73 Å². The van der Waals surface area contributed by atoms with Gasteiger partial charge in [0.25, 0.3) is 0 Å². The van der Waals surface area contributed by atoms with Crippen LogP contribution in [0.4, 0.5) is 0 Å². The van der Waals surface area contributed by atoms with Gasteiger partial charge in [-0.1, -0.05) is 77.6 Å². The molecule has 0 bridgehead atoms. The first-order valence-corrected chi connectivity index (χ1v) is 9.27. The van der Waals surface area contributed by atoms with Crippen LogP contribution in [0.5, 0.6) is 0 Å². The molecule has 0 saturated carbocycles. The van der Waals surface area contributed by atoms with Crippen molar-refractivity contribution in [1.82, 2.24) is 0 Å². The van der Waals surface area contributed by atoms with Gasteiger partial charge in [-0.25, -0.2) is 0 Å². The molecular formula is C19H42N2S. The third-order valence-corrected chi connectivity index (χ3v) is 2.68. The molecule has 0 fully saturated rings. The van der Waals surface area contributed by atoms with Gasteiger partial charge in [-0.05, 0) is 38.3 Å². The second kappa shape index (κ2) is 28.6. The molecule has 0 radical (unpaired) electrons. The van der Waals surface area contributed by atoms with Gasteiger partial charge in [0.1, 0.15) is 0 Å². The van der Waals surface area contributed by atoms with E-state index in [0.717, 1.165) is 0 Å². The number of rotatable bonds is 3. The second-order valence-corrected chi connectivity index (χ2v) is 4.65. The molecule has 0 heterocycles. The van der Waals surface area contributed by atoms with E-state index in [1.165, 1.54) is 43.9 Å². The van der Waals surface area contributed by atoms with Gasteiger partial charge in [-0.3, -0.25) is 0 Å². The topological polar surface area (TPSA) is 52.0 Å². The molecule has 0 aliphatic heterocycles. The zero-order valence-electron chi connectivity index (χ0n) is 16.3. The van der Waals surface area contributed by atoms with E-state index in [9.17, 15) is 0 Å². The molecule has 1 atom stereocenters. The maximum Gasteiger partial charge on any atom is 0.0268 e. The van der Waals surface area contributed by atoms with Crippen molar-refractivity contribution in [3.63, 3.8) is 0 Å². The molecular weight excluding hydrogens is 288 g/mol. The number of aryl methyl sites for hydroxylation is 1. The van der Waals surface area contributed by atoms with E-state index in [1.54, 1.807) is 6.26 Å². The second-order valence-electron chi connectivity index (χ2n) is 4.65. The number of unbranched alkanes of at least 4 members (excludes halogenated alkanes) is 2. The zero-order chi connectivity index (χ0) is 18.4. The minimum atomic E-state index is 0.154. The highest BCUT2D eigenvalue weighted by Crippen LogP contribution is 2.13. The van der Waals surface area contributed by atoms with Crippen LogP contribution in [0.2, 0.25) is 0 Å². The van der Waals surface area contributed by atoms with Crippen LogP contribution in [-0.2, 0) is 0 Å². The summed E-state index contributed by atoms with van der Waals surface area (Å²) in [5.41, 5.74) is 12.7. The van der Waals surface area contributed by atoms with Gasteiger partial charge in [0, 0.05) is 6.04 Å². The summed E-state index contributed by atoms with van der Waals surface area (Å²) in [5, 5.41) is 0. The molecule has 0 aromatic heterocycles. The van der Waals surface area contributed by atoms with Gasteiger partial charge in [-0.15, -0.1) is 0 Å². The Kier molecular flexibility index (Phi) is 38.4. The van der Waals surface area contributed by atoms with Crippen LogP contribution in [0.1, 0.15) is 77.5 Å². The number of hydrogen-bond donors (Lipinski definition) is 3. The van der Waals surface area contributed by atoms with Gasteiger partial charge >= 0.3 is 0 Å². The lowest BCUT2D eigenvalue weighted by Crippen LogP contribution is -2.06. The Morgan fingerprint density at radius 3 is 1.36 bits per heavy atom. The molecule has 22 heavy (non-hydrogen) atoms. The van der Waals surface area contributed by atoms with Crippen molar-refractivity contribution in [1.29, 1.82) is 0 Å². The first-order valence-electron chi connectivity index (χ1n) is 8.38. The molecule has 1 aromatic rings. The predicted molar refractivity (Wildman–Crippen MR) is 110 cm³/mol. The van der Waals surface area contributed by atoms with E-state index >= 15 is 0 Å².